The molecule has 0 N–H and O–H groups in total. The van der Waals surface area contributed by atoms with Crippen molar-refractivity contribution in [2.24, 2.45) is 0 Å². The molecule has 0 aliphatic heterocycles. The van der Waals surface area contributed by atoms with E-state index in [0.29, 0.717) is 11.8 Å². The van der Waals surface area contributed by atoms with Gasteiger partial charge in [-0.2, -0.15) is 0 Å². The Morgan fingerprint density at radius 3 is 1.09 bits per heavy atom. The van der Waals surface area contributed by atoms with Gasteiger partial charge in [0.1, 0.15) is 0 Å². The molecule has 0 aliphatic carbocycles. The van der Waals surface area contributed by atoms with E-state index in [0.717, 1.165) is 44.9 Å². The molecule has 0 aliphatic rings. The van der Waals surface area contributed by atoms with Crippen LogP contribution in [-0.2, 0) is 0 Å². The molecule has 0 bridgehead atoms. The molecule has 0 spiro atoms. The number of aromatic nitrogens is 2. The zero-order valence-electron chi connectivity index (χ0n) is 18.3. The lowest BCUT2D eigenvalue weighted by Gasteiger charge is -2.04. The van der Waals surface area contributed by atoms with E-state index in [2.05, 4.69) is 58.5 Å². The number of hydrogen-bond acceptors (Lipinski definition) is 4. The second-order valence-electron chi connectivity index (χ2n) is 7.95. The summed E-state index contributed by atoms with van der Waals surface area (Å²) in [6.07, 6.45) is 3.54. The molecule has 0 atom stereocenters. The highest BCUT2D eigenvalue weighted by atomic mass is 16.4. The third-order valence-corrected chi connectivity index (χ3v) is 5.73. The molecule has 2 heterocycles. The molecule has 4 heteroatoms. The van der Waals surface area contributed by atoms with Crippen molar-refractivity contribution in [1.29, 1.82) is 0 Å². The van der Waals surface area contributed by atoms with Crippen LogP contribution in [0, 0.1) is 0 Å². The fourth-order valence-electron chi connectivity index (χ4n) is 3.90. The summed E-state index contributed by atoms with van der Waals surface area (Å²) in [5.41, 5.74) is 6.16. The van der Waals surface area contributed by atoms with Crippen LogP contribution in [0.1, 0.15) is 0 Å². The summed E-state index contributed by atoms with van der Waals surface area (Å²) in [6.45, 7) is 0. The monoisotopic (exact) mass is 440 g/mol. The van der Waals surface area contributed by atoms with Crippen molar-refractivity contribution in [2.75, 3.05) is 0 Å². The zero-order valence-corrected chi connectivity index (χ0v) is 18.3. The summed E-state index contributed by atoms with van der Waals surface area (Å²) in [6, 6.07) is 36.4. The quantitative estimate of drug-likeness (QED) is 0.272. The number of oxazole rings is 2. The van der Waals surface area contributed by atoms with Crippen LogP contribution in [0.15, 0.2) is 130 Å². The van der Waals surface area contributed by atoms with Crippen molar-refractivity contribution < 1.29 is 8.83 Å². The molecule has 0 fully saturated rings. The molecular weight excluding hydrogens is 420 g/mol. The molecule has 0 saturated carbocycles. The van der Waals surface area contributed by atoms with E-state index in [1.807, 2.05) is 60.7 Å². The summed E-state index contributed by atoms with van der Waals surface area (Å²) < 4.78 is 11.9. The predicted octanol–water partition coefficient (Wildman–Crippen LogP) is 8.00. The van der Waals surface area contributed by atoms with Gasteiger partial charge in [-0.1, -0.05) is 84.9 Å². The maximum Gasteiger partial charge on any atom is 0.226 e. The minimum Gasteiger partial charge on any atom is -0.436 e. The summed E-state index contributed by atoms with van der Waals surface area (Å²) in [5, 5.41) is 0. The molecule has 34 heavy (non-hydrogen) atoms. The Morgan fingerprint density at radius 2 is 0.706 bits per heavy atom. The van der Waals surface area contributed by atoms with Gasteiger partial charge in [0.15, 0.2) is 11.5 Å². The van der Waals surface area contributed by atoms with Crippen LogP contribution in [-0.4, -0.2) is 9.97 Å². The first-order chi connectivity index (χ1) is 16.8. The van der Waals surface area contributed by atoms with Gasteiger partial charge in [-0.15, -0.1) is 0 Å². The van der Waals surface area contributed by atoms with E-state index in [-0.39, 0.29) is 0 Å². The third-order valence-electron chi connectivity index (χ3n) is 5.73. The van der Waals surface area contributed by atoms with Gasteiger partial charge in [0.25, 0.3) is 0 Å². The van der Waals surface area contributed by atoms with Gasteiger partial charge in [-0.05, 0) is 35.4 Å². The van der Waals surface area contributed by atoms with Crippen LogP contribution in [0.4, 0.5) is 0 Å². The van der Waals surface area contributed by atoms with E-state index in [1.54, 1.807) is 12.4 Å². The number of rotatable bonds is 5. The van der Waals surface area contributed by atoms with Crippen LogP contribution in [0.5, 0.6) is 0 Å². The van der Waals surface area contributed by atoms with Crippen molar-refractivity contribution in [3.05, 3.63) is 122 Å². The predicted molar refractivity (Wildman–Crippen MR) is 134 cm³/mol. The second-order valence-corrected chi connectivity index (χ2v) is 7.95. The normalized spacial score (nSPS) is 10.9. The molecule has 0 amide bonds. The van der Waals surface area contributed by atoms with Crippen molar-refractivity contribution in [3.63, 3.8) is 0 Å². The molecule has 0 radical (unpaired) electrons. The van der Waals surface area contributed by atoms with E-state index < -0.39 is 0 Å². The van der Waals surface area contributed by atoms with Crippen LogP contribution >= 0.6 is 0 Å². The summed E-state index contributed by atoms with van der Waals surface area (Å²) in [5.74, 6) is 2.75. The van der Waals surface area contributed by atoms with Gasteiger partial charge in [-0.3, -0.25) is 0 Å². The molecule has 6 aromatic rings. The van der Waals surface area contributed by atoms with Crippen LogP contribution in [0.3, 0.4) is 0 Å². The lowest BCUT2D eigenvalue weighted by atomic mass is 10.0. The van der Waals surface area contributed by atoms with Crippen LogP contribution in [0.2, 0.25) is 0 Å². The maximum absolute atomic E-state index is 5.97. The Bertz CT molecular complexity index is 1400. The molecule has 162 valence electrons. The van der Waals surface area contributed by atoms with Crippen LogP contribution < -0.4 is 0 Å². The van der Waals surface area contributed by atoms with E-state index in [9.17, 15) is 0 Å². The first kappa shape index (κ1) is 19.9. The lowest BCUT2D eigenvalue weighted by molar-refractivity contribution is 0.588. The molecule has 4 aromatic carbocycles. The second kappa shape index (κ2) is 8.68. The van der Waals surface area contributed by atoms with Gasteiger partial charge in [0.05, 0.1) is 12.4 Å². The first-order valence-corrected chi connectivity index (χ1v) is 11.1. The van der Waals surface area contributed by atoms with Crippen molar-refractivity contribution >= 4 is 0 Å². The van der Waals surface area contributed by atoms with Gasteiger partial charge in [0, 0.05) is 22.3 Å². The summed E-state index contributed by atoms with van der Waals surface area (Å²) in [7, 11) is 0. The SMILES string of the molecule is c1ccc(-c2ncc(-c3ccc(-c4ccc(-c5cnc(-c6ccccc6)o5)cc4)cc3)o2)cc1. The Labute approximate surface area is 197 Å². The third kappa shape index (κ3) is 3.93. The number of benzene rings is 4. The minimum atomic E-state index is 0.623. The molecule has 0 saturated heterocycles. The van der Waals surface area contributed by atoms with Crippen LogP contribution in [0.25, 0.3) is 56.7 Å². The Morgan fingerprint density at radius 1 is 0.353 bits per heavy atom. The number of nitrogens with zero attached hydrogens (tertiary/aromatic N) is 2. The molecule has 6 rings (SSSR count). The largest absolute Gasteiger partial charge is 0.436 e. The van der Waals surface area contributed by atoms with Gasteiger partial charge in [-0.25, -0.2) is 9.97 Å². The summed E-state index contributed by atoms with van der Waals surface area (Å²) >= 11 is 0. The smallest absolute Gasteiger partial charge is 0.226 e. The maximum atomic E-state index is 5.97. The molecule has 0 unspecified atom stereocenters. The summed E-state index contributed by atoms with van der Waals surface area (Å²) in [4.78, 5) is 8.84. The first-order valence-electron chi connectivity index (χ1n) is 11.1. The average Bonchev–Trinajstić information content (AvgIpc) is 3.61. The fraction of sp³-hybridized carbons (Fsp3) is 0. The van der Waals surface area contributed by atoms with Crippen molar-refractivity contribution in [1.82, 2.24) is 9.97 Å². The minimum absolute atomic E-state index is 0.623. The highest BCUT2D eigenvalue weighted by Crippen LogP contribution is 2.30. The van der Waals surface area contributed by atoms with E-state index >= 15 is 0 Å². The van der Waals surface area contributed by atoms with Gasteiger partial charge >= 0.3 is 0 Å². The molecule has 4 nitrogen and oxygen atoms in total. The number of hydrogen-bond donors (Lipinski definition) is 0. The molecule has 2 aromatic heterocycles. The van der Waals surface area contributed by atoms with E-state index in [4.69, 9.17) is 8.83 Å². The molecular formula is C30H20N2O2. The van der Waals surface area contributed by atoms with Crippen molar-refractivity contribution in [2.45, 2.75) is 0 Å². The lowest BCUT2D eigenvalue weighted by Crippen LogP contribution is -1.80. The Balaban J connectivity index is 1.20. The topological polar surface area (TPSA) is 52.1 Å². The Hall–Kier alpha value is -4.70. The highest BCUT2D eigenvalue weighted by Gasteiger charge is 2.10. The average molecular weight is 441 g/mol. The highest BCUT2D eigenvalue weighted by molar-refractivity contribution is 5.71. The van der Waals surface area contributed by atoms with E-state index in [1.165, 1.54) is 0 Å². The standard InChI is InChI=1S/C30H20N2O2/c1-3-7-25(8-4-1)29-31-19-27(33-29)23-15-11-21(12-16-23)22-13-17-24(18-14-22)28-20-32-30(34-28)26-9-5-2-6-10-26/h1-20H. The van der Waals surface area contributed by atoms with Crippen molar-refractivity contribution in [3.8, 4) is 56.7 Å². The Kier molecular flexibility index (Phi) is 5.09. The fourth-order valence-corrected chi connectivity index (χ4v) is 3.90. The van der Waals surface area contributed by atoms with Gasteiger partial charge in [0.2, 0.25) is 11.8 Å². The zero-order chi connectivity index (χ0) is 22.7. The van der Waals surface area contributed by atoms with Gasteiger partial charge < -0.3 is 8.83 Å².